The van der Waals surface area contributed by atoms with Crippen LogP contribution in [0.2, 0.25) is 0 Å². The lowest BCUT2D eigenvalue weighted by molar-refractivity contribution is -0.133. The Morgan fingerprint density at radius 1 is 1.24 bits per heavy atom. The number of carbonyl (C=O) groups is 1. The van der Waals surface area contributed by atoms with Crippen LogP contribution in [0.3, 0.4) is 0 Å². The number of amides is 1. The molecule has 0 aromatic rings. The average Bonchev–Trinajstić information content (AvgIpc) is 3.05. The van der Waals surface area contributed by atoms with Crippen LogP contribution in [0.15, 0.2) is 4.99 Å². The average molecular weight is 352 g/mol. The summed E-state index contributed by atoms with van der Waals surface area (Å²) in [5.74, 6) is 2.06. The zero-order chi connectivity index (χ0) is 18.2. The van der Waals surface area contributed by atoms with E-state index in [0.717, 1.165) is 70.4 Å². The SMILES string of the molecule is CCNC(=NCCCN1CCCC1C(=O)N(C)C)N1CCCC(C)C1. The number of carbonyl (C=O) groups excluding carboxylic acids is 1. The van der Waals surface area contributed by atoms with Gasteiger partial charge in [-0.15, -0.1) is 0 Å². The lowest BCUT2D eigenvalue weighted by Crippen LogP contribution is -2.46. The molecule has 0 spiro atoms. The number of rotatable bonds is 6. The van der Waals surface area contributed by atoms with Crippen LogP contribution in [0.4, 0.5) is 0 Å². The van der Waals surface area contributed by atoms with Crippen LogP contribution in [0.25, 0.3) is 0 Å². The first-order valence-corrected chi connectivity index (χ1v) is 10.0. The van der Waals surface area contributed by atoms with Crippen molar-refractivity contribution < 1.29 is 4.79 Å². The van der Waals surface area contributed by atoms with Crippen LogP contribution in [-0.4, -0.2) is 86.0 Å². The first-order valence-electron chi connectivity index (χ1n) is 10.0. The molecule has 25 heavy (non-hydrogen) atoms. The molecule has 2 atom stereocenters. The molecule has 2 fully saturated rings. The molecule has 2 unspecified atom stereocenters. The van der Waals surface area contributed by atoms with E-state index in [9.17, 15) is 4.79 Å². The third kappa shape index (κ3) is 5.87. The van der Waals surface area contributed by atoms with Gasteiger partial charge in [0.1, 0.15) is 0 Å². The maximum Gasteiger partial charge on any atom is 0.239 e. The fourth-order valence-electron chi connectivity index (χ4n) is 3.94. The van der Waals surface area contributed by atoms with Crippen molar-refractivity contribution in [3.8, 4) is 0 Å². The topological polar surface area (TPSA) is 51.2 Å². The molecule has 144 valence electrons. The van der Waals surface area contributed by atoms with Gasteiger partial charge in [0, 0.05) is 46.8 Å². The summed E-state index contributed by atoms with van der Waals surface area (Å²) in [6.45, 7) is 10.4. The normalized spacial score (nSPS) is 25.3. The Hall–Kier alpha value is -1.30. The molecule has 2 saturated heterocycles. The Morgan fingerprint density at radius 2 is 2.00 bits per heavy atom. The maximum atomic E-state index is 12.3. The molecule has 1 amide bonds. The van der Waals surface area contributed by atoms with E-state index < -0.39 is 0 Å². The monoisotopic (exact) mass is 351 g/mol. The fraction of sp³-hybridized carbons (Fsp3) is 0.895. The third-order valence-corrected chi connectivity index (χ3v) is 5.25. The maximum absolute atomic E-state index is 12.3. The van der Waals surface area contributed by atoms with E-state index in [1.54, 1.807) is 4.90 Å². The molecule has 2 heterocycles. The largest absolute Gasteiger partial charge is 0.357 e. The van der Waals surface area contributed by atoms with Crippen molar-refractivity contribution in [3.05, 3.63) is 0 Å². The zero-order valence-corrected chi connectivity index (χ0v) is 16.6. The van der Waals surface area contributed by atoms with Crippen molar-refractivity contribution in [2.24, 2.45) is 10.9 Å². The molecule has 0 aromatic carbocycles. The molecule has 0 aliphatic carbocycles. The van der Waals surface area contributed by atoms with Crippen LogP contribution in [0.1, 0.15) is 46.0 Å². The predicted molar refractivity (Wildman–Crippen MR) is 104 cm³/mol. The first-order chi connectivity index (χ1) is 12.0. The van der Waals surface area contributed by atoms with Gasteiger partial charge >= 0.3 is 0 Å². The molecule has 6 heteroatoms. The lowest BCUT2D eigenvalue weighted by atomic mass is 10.0. The van der Waals surface area contributed by atoms with Gasteiger partial charge in [-0.2, -0.15) is 0 Å². The van der Waals surface area contributed by atoms with Crippen molar-refractivity contribution in [3.63, 3.8) is 0 Å². The minimum Gasteiger partial charge on any atom is -0.357 e. The summed E-state index contributed by atoms with van der Waals surface area (Å²) >= 11 is 0. The van der Waals surface area contributed by atoms with Crippen LogP contribution in [0, 0.1) is 5.92 Å². The number of nitrogens with one attached hydrogen (secondary N) is 1. The van der Waals surface area contributed by atoms with Crippen molar-refractivity contribution in [1.82, 2.24) is 20.0 Å². The van der Waals surface area contributed by atoms with Crippen molar-refractivity contribution in [1.29, 1.82) is 0 Å². The summed E-state index contributed by atoms with van der Waals surface area (Å²) in [4.78, 5) is 23.6. The number of guanidine groups is 1. The van der Waals surface area contributed by atoms with Gasteiger partial charge in [-0.05, 0) is 51.5 Å². The highest BCUT2D eigenvalue weighted by Crippen LogP contribution is 2.19. The van der Waals surface area contributed by atoms with Crippen LogP contribution >= 0.6 is 0 Å². The quantitative estimate of drug-likeness (QED) is 0.449. The number of nitrogens with zero attached hydrogens (tertiary/aromatic N) is 4. The number of aliphatic imine (C=N–C) groups is 1. The smallest absolute Gasteiger partial charge is 0.239 e. The number of hydrogen-bond donors (Lipinski definition) is 1. The standard InChI is InChI=1S/C19H37N5O/c1-5-20-19(24-13-6-9-16(2)15-24)21-11-8-14-23-12-7-10-17(23)18(25)22(3)4/h16-17H,5-15H2,1-4H3,(H,20,21). The summed E-state index contributed by atoms with van der Waals surface area (Å²) in [5.41, 5.74) is 0. The molecule has 0 saturated carbocycles. The molecule has 1 N–H and O–H groups in total. The van der Waals surface area contributed by atoms with Crippen LogP contribution in [0.5, 0.6) is 0 Å². The van der Waals surface area contributed by atoms with Gasteiger partial charge in [0.05, 0.1) is 6.04 Å². The number of piperidine rings is 1. The number of hydrogen-bond acceptors (Lipinski definition) is 3. The molecule has 2 aliphatic heterocycles. The van der Waals surface area contributed by atoms with Gasteiger partial charge in [-0.1, -0.05) is 6.92 Å². The van der Waals surface area contributed by atoms with Crippen molar-refractivity contribution in [2.45, 2.75) is 52.0 Å². The summed E-state index contributed by atoms with van der Waals surface area (Å²) in [6.07, 6.45) is 5.71. The zero-order valence-electron chi connectivity index (χ0n) is 16.6. The van der Waals surface area contributed by atoms with E-state index in [0.29, 0.717) is 0 Å². The van der Waals surface area contributed by atoms with Crippen LogP contribution < -0.4 is 5.32 Å². The Kier molecular flexibility index (Phi) is 8.00. The Morgan fingerprint density at radius 3 is 2.68 bits per heavy atom. The summed E-state index contributed by atoms with van der Waals surface area (Å²) in [6, 6.07) is 0.0789. The molecule has 0 aromatic heterocycles. The summed E-state index contributed by atoms with van der Waals surface area (Å²) in [7, 11) is 3.71. The van der Waals surface area contributed by atoms with E-state index >= 15 is 0 Å². The van der Waals surface area contributed by atoms with Gasteiger partial charge in [-0.25, -0.2) is 0 Å². The van der Waals surface area contributed by atoms with E-state index in [-0.39, 0.29) is 11.9 Å². The second-order valence-corrected chi connectivity index (χ2v) is 7.71. The van der Waals surface area contributed by atoms with Gasteiger partial charge in [-0.3, -0.25) is 14.7 Å². The Balaban J connectivity index is 1.82. The first kappa shape index (κ1) is 20.0. The van der Waals surface area contributed by atoms with E-state index in [4.69, 9.17) is 4.99 Å². The molecular weight excluding hydrogens is 314 g/mol. The lowest BCUT2D eigenvalue weighted by Gasteiger charge is -2.33. The van der Waals surface area contributed by atoms with Gasteiger partial charge < -0.3 is 15.1 Å². The van der Waals surface area contributed by atoms with Crippen molar-refractivity contribution >= 4 is 11.9 Å². The predicted octanol–water partition coefficient (Wildman–Crippen LogP) is 1.63. The van der Waals surface area contributed by atoms with Gasteiger partial charge in [0.2, 0.25) is 5.91 Å². The van der Waals surface area contributed by atoms with E-state index in [1.165, 1.54) is 12.8 Å². The highest BCUT2D eigenvalue weighted by molar-refractivity contribution is 5.81. The molecule has 2 aliphatic rings. The second kappa shape index (κ2) is 10.00. The Labute approximate surface area is 153 Å². The third-order valence-electron chi connectivity index (χ3n) is 5.25. The van der Waals surface area contributed by atoms with Crippen molar-refractivity contribution in [2.75, 3.05) is 53.4 Å². The minimum absolute atomic E-state index is 0.0789. The number of likely N-dealkylation sites (tertiary alicyclic amines) is 2. The second-order valence-electron chi connectivity index (χ2n) is 7.71. The van der Waals surface area contributed by atoms with Gasteiger partial charge in [0.25, 0.3) is 0 Å². The molecule has 2 rings (SSSR count). The minimum atomic E-state index is 0.0789. The van der Waals surface area contributed by atoms with Gasteiger partial charge in [0.15, 0.2) is 5.96 Å². The van der Waals surface area contributed by atoms with E-state index in [1.807, 2.05) is 14.1 Å². The highest BCUT2D eigenvalue weighted by atomic mass is 16.2. The molecule has 6 nitrogen and oxygen atoms in total. The van der Waals surface area contributed by atoms with Crippen LogP contribution in [-0.2, 0) is 4.79 Å². The molecular formula is C19H37N5O. The highest BCUT2D eigenvalue weighted by Gasteiger charge is 2.31. The van der Waals surface area contributed by atoms with E-state index in [2.05, 4.69) is 29.0 Å². The molecule has 0 radical (unpaired) electrons. The molecule has 0 bridgehead atoms. The Bertz CT molecular complexity index is 451. The number of likely N-dealkylation sites (N-methyl/N-ethyl adjacent to an activating group) is 1. The summed E-state index contributed by atoms with van der Waals surface area (Å²) in [5, 5.41) is 3.44. The fourth-order valence-corrected chi connectivity index (χ4v) is 3.94. The summed E-state index contributed by atoms with van der Waals surface area (Å²) < 4.78 is 0.